The minimum atomic E-state index is -0.264. The van der Waals surface area contributed by atoms with E-state index in [4.69, 9.17) is 0 Å². The maximum atomic E-state index is 12.9. The maximum Gasteiger partial charge on any atom is 0.230 e. The van der Waals surface area contributed by atoms with Crippen LogP contribution in [0.4, 0.5) is 0 Å². The van der Waals surface area contributed by atoms with Crippen LogP contribution in [0, 0.1) is 19.8 Å². The average molecular weight is 329 g/mol. The highest BCUT2D eigenvalue weighted by atomic mass is 16.2. The molecule has 1 aromatic carbocycles. The lowest BCUT2D eigenvalue weighted by Gasteiger charge is -2.33. The fourth-order valence-corrected chi connectivity index (χ4v) is 4.27. The zero-order chi connectivity index (χ0) is 17.3. The predicted molar refractivity (Wildman–Crippen MR) is 99.3 cm³/mol. The molecular formula is C21H32N2O. The summed E-state index contributed by atoms with van der Waals surface area (Å²) in [5.41, 5.74) is 3.44. The summed E-state index contributed by atoms with van der Waals surface area (Å²) in [6.07, 6.45) is 4.59. The van der Waals surface area contributed by atoms with E-state index in [1.807, 2.05) is 0 Å². The summed E-state index contributed by atoms with van der Waals surface area (Å²) in [7, 11) is 0. The highest BCUT2D eigenvalue weighted by molar-refractivity contribution is 5.91. The third-order valence-electron chi connectivity index (χ3n) is 5.61. The maximum absolute atomic E-state index is 12.9. The van der Waals surface area contributed by atoms with Gasteiger partial charge in [-0.25, -0.2) is 0 Å². The fourth-order valence-electron chi connectivity index (χ4n) is 4.27. The van der Waals surface area contributed by atoms with Gasteiger partial charge in [-0.3, -0.25) is 4.79 Å². The second-order valence-corrected chi connectivity index (χ2v) is 8.34. The van der Waals surface area contributed by atoms with Crippen LogP contribution in [0.5, 0.6) is 0 Å². The van der Waals surface area contributed by atoms with Crippen LogP contribution in [0.3, 0.4) is 0 Å². The van der Waals surface area contributed by atoms with Gasteiger partial charge in [0.05, 0.1) is 5.41 Å². The van der Waals surface area contributed by atoms with Gasteiger partial charge in [0.15, 0.2) is 0 Å². The molecule has 1 saturated heterocycles. The fraction of sp³-hybridized carbons (Fsp3) is 0.667. The van der Waals surface area contributed by atoms with Crippen molar-refractivity contribution < 1.29 is 4.79 Å². The van der Waals surface area contributed by atoms with E-state index in [9.17, 15) is 4.79 Å². The van der Waals surface area contributed by atoms with Crippen molar-refractivity contribution in [3.63, 3.8) is 0 Å². The number of nitrogens with one attached hydrogen (secondary N) is 1. The third kappa shape index (κ3) is 3.83. The van der Waals surface area contributed by atoms with Crippen molar-refractivity contribution in [2.24, 2.45) is 5.92 Å². The zero-order valence-electron chi connectivity index (χ0n) is 15.7. The van der Waals surface area contributed by atoms with Crippen LogP contribution in [0.2, 0.25) is 0 Å². The molecule has 2 fully saturated rings. The zero-order valence-corrected chi connectivity index (χ0v) is 15.7. The molecule has 2 aliphatic rings. The van der Waals surface area contributed by atoms with Gasteiger partial charge in [0.1, 0.15) is 0 Å². The van der Waals surface area contributed by atoms with E-state index in [1.54, 1.807) is 0 Å². The Morgan fingerprint density at radius 1 is 1.29 bits per heavy atom. The number of hydrogen-bond acceptors (Lipinski definition) is 2. The van der Waals surface area contributed by atoms with E-state index in [0.717, 1.165) is 25.3 Å². The van der Waals surface area contributed by atoms with Crippen LogP contribution < -0.4 is 5.32 Å². The van der Waals surface area contributed by atoms with Gasteiger partial charge >= 0.3 is 0 Å². The first kappa shape index (κ1) is 17.5. The average Bonchev–Trinajstić information content (AvgIpc) is 3.27. The summed E-state index contributed by atoms with van der Waals surface area (Å²) in [6.45, 7) is 12.0. The standard InChI is InChI=1S/C21H32N2O/c1-15-6-5-9-23(13-15)14-18(4)22-20(24)21(7-8-21)19-11-16(2)10-17(3)12-19/h10-12,15,18H,5-9,13-14H2,1-4H3,(H,22,24). The Morgan fingerprint density at radius 3 is 2.54 bits per heavy atom. The molecule has 0 spiro atoms. The van der Waals surface area contributed by atoms with E-state index < -0.39 is 0 Å². The lowest BCUT2D eigenvalue weighted by Crippen LogP contribution is -2.47. The van der Waals surface area contributed by atoms with E-state index >= 15 is 0 Å². The molecule has 1 saturated carbocycles. The van der Waals surface area contributed by atoms with Crippen LogP contribution in [0.1, 0.15) is 56.2 Å². The molecule has 24 heavy (non-hydrogen) atoms. The number of benzene rings is 1. The van der Waals surface area contributed by atoms with Gasteiger partial charge in [0.2, 0.25) is 5.91 Å². The number of rotatable bonds is 5. The van der Waals surface area contributed by atoms with Gasteiger partial charge in [0.25, 0.3) is 0 Å². The second kappa shape index (κ2) is 6.87. The van der Waals surface area contributed by atoms with Crippen LogP contribution in [-0.2, 0) is 10.2 Å². The Balaban J connectivity index is 1.61. The van der Waals surface area contributed by atoms with Gasteiger partial charge in [-0.15, -0.1) is 0 Å². The number of carbonyl (C=O) groups excluding carboxylic acids is 1. The van der Waals surface area contributed by atoms with Crippen LogP contribution in [-0.4, -0.2) is 36.5 Å². The second-order valence-electron chi connectivity index (χ2n) is 8.34. The summed E-state index contributed by atoms with van der Waals surface area (Å²) < 4.78 is 0. The van der Waals surface area contributed by atoms with Crippen LogP contribution in [0.15, 0.2) is 18.2 Å². The smallest absolute Gasteiger partial charge is 0.230 e. The molecule has 1 heterocycles. The summed E-state index contributed by atoms with van der Waals surface area (Å²) in [6, 6.07) is 6.77. The van der Waals surface area contributed by atoms with Crippen LogP contribution in [0.25, 0.3) is 0 Å². The molecule has 0 radical (unpaired) electrons. The lowest BCUT2D eigenvalue weighted by molar-refractivity contribution is -0.124. The van der Waals surface area contributed by atoms with Gasteiger partial charge in [0, 0.05) is 19.1 Å². The predicted octanol–water partition coefficient (Wildman–Crippen LogP) is 3.57. The number of likely N-dealkylation sites (tertiary alicyclic amines) is 1. The molecule has 1 N–H and O–H groups in total. The molecule has 1 aliphatic heterocycles. The van der Waals surface area contributed by atoms with Gasteiger partial charge in [-0.2, -0.15) is 0 Å². The Kier molecular flexibility index (Phi) is 5.00. The van der Waals surface area contributed by atoms with Crippen molar-refractivity contribution >= 4 is 5.91 Å². The molecule has 3 heteroatoms. The minimum absolute atomic E-state index is 0.214. The number of nitrogens with zero attached hydrogens (tertiary/aromatic N) is 1. The molecule has 1 aromatic rings. The Morgan fingerprint density at radius 2 is 1.96 bits per heavy atom. The summed E-state index contributed by atoms with van der Waals surface area (Å²) in [5, 5.41) is 3.30. The normalized spacial score (nSPS) is 24.4. The molecule has 3 rings (SSSR count). The molecule has 1 amide bonds. The van der Waals surface area contributed by atoms with Crippen LogP contribution >= 0.6 is 0 Å². The minimum Gasteiger partial charge on any atom is -0.352 e. The Bertz CT molecular complexity index is 586. The molecule has 2 unspecified atom stereocenters. The topological polar surface area (TPSA) is 32.3 Å². The molecule has 1 aliphatic carbocycles. The van der Waals surface area contributed by atoms with Crippen molar-refractivity contribution in [2.45, 2.75) is 64.8 Å². The van der Waals surface area contributed by atoms with Gasteiger partial charge in [-0.05, 0) is 64.5 Å². The molecule has 3 nitrogen and oxygen atoms in total. The highest BCUT2D eigenvalue weighted by Gasteiger charge is 2.51. The van der Waals surface area contributed by atoms with Gasteiger partial charge in [-0.1, -0.05) is 36.2 Å². The number of piperidine rings is 1. The lowest BCUT2D eigenvalue weighted by atomic mass is 9.91. The molecule has 0 aromatic heterocycles. The largest absolute Gasteiger partial charge is 0.352 e. The van der Waals surface area contributed by atoms with Crippen molar-refractivity contribution in [1.82, 2.24) is 10.2 Å². The van der Waals surface area contributed by atoms with Gasteiger partial charge < -0.3 is 10.2 Å². The van der Waals surface area contributed by atoms with Crippen molar-refractivity contribution in [3.8, 4) is 0 Å². The SMILES string of the molecule is Cc1cc(C)cc(C2(C(=O)NC(C)CN3CCCC(C)C3)CC2)c1. The molecule has 0 bridgehead atoms. The van der Waals surface area contributed by atoms with E-state index in [-0.39, 0.29) is 17.4 Å². The first-order valence-electron chi connectivity index (χ1n) is 9.51. The number of hydrogen-bond donors (Lipinski definition) is 1. The quantitative estimate of drug-likeness (QED) is 0.896. The summed E-state index contributed by atoms with van der Waals surface area (Å²) >= 11 is 0. The Labute approximate surface area is 146 Å². The van der Waals surface area contributed by atoms with E-state index in [0.29, 0.717) is 0 Å². The number of carbonyl (C=O) groups is 1. The van der Waals surface area contributed by atoms with E-state index in [1.165, 1.54) is 42.6 Å². The highest BCUT2D eigenvalue weighted by Crippen LogP contribution is 2.48. The molecular weight excluding hydrogens is 296 g/mol. The van der Waals surface area contributed by atoms with Crippen molar-refractivity contribution in [2.75, 3.05) is 19.6 Å². The third-order valence-corrected chi connectivity index (χ3v) is 5.61. The summed E-state index contributed by atoms with van der Waals surface area (Å²) in [4.78, 5) is 15.4. The first-order chi connectivity index (χ1) is 11.4. The van der Waals surface area contributed by atoms with E-state index in [2.05, 4.69) is 56.1 Å². The Hall–Kier alpha value is -1.35. The molecule has 2 atom stereocenters. The molecule has 132 valence electrons. The van der Waals surface area contributed by atoms with Crippen molar-refractivity contribution in [3.05, 3.63) is 34.9 Å². The van der Waals surface area contributed by atoms with Crippen molar-refractivity contribution in [1.29, 1.82) is 0 Å². The number of amides is 1. The summed E-state index contributed by atoms with van der Waals surface area (Å²) in [5.74, 6) is 1.01. The first-order valence-corrected chi connectivity index (χ1v) is 9.51. The monoisotopic (exact) mass is 328 g/mol. The number of aryl methyl sites for hydroxylation is 2.